The molecule has 0 unspecified atom stereocenters. The summed E-state index contributed by atoms with van der Waals surface area (Å²) in [5.74, 6) is -2.78. The Hall–Kier alpha value is -3.89. The number of likely N-dealkylation sites (tertiary alicyclic amines) is 1. The Morgan fingerprint density at radius 3 is 2.46 bits per heavy atom. The number of anilines is 2. The molecule has 1 aliphatic rings. The van der Waals surface area contributed by atoms with Crippen LogP contribution in [-0.2, 0) is 4.79 Å². The SMILES string of the molecule is Cc1cc(NC(=O)[C@@H](O)c2cc(F)cc(F)c2)ccc1-c1cnc(N)c(C(=O)NC2CN(C)C2)c1. The molecule has 4 rings (SSSR count). The molecule has 3 aromatic rings. The monoisotopic (exact) mass is 481 g/mol. The summed E-state index contributed by atoms with van der Waals surface area (Å²) in [4.78, 5) is 31.3. The number of hydrogen-bond donors (Lipinski definition) is 4. The van der Waals surface area contributed by atoms with Crippen molar-refractivity contribution in [1.29, 1.82) is 0 Å². The van der Waals surface area contributed by atoms with Crippen molar-refractivity contribution < 1.29 is 23.5 Å². The predicted octanol–water partition coefficient (Wildman–Crippen LogP) is 2.63. The molecular weight excluding hydrogens is 456 g/mol. The van der Waals surface area contributed by atoms with Crippen molar-refractivity contribution >= 4 is 23.3 Å². The number of nitrogen functional groups attached to an aromatic ring is 1. The fourth-order valence-electron chi connectivity index (χ4n) is 4.02. The van der Waals surface area contributed by atoms with Gasteiger partial charge in [0, 0.05) is 36.6 Å². The molecule has 35 heavy (non-hydrogen) atoms. The van der Waals surface area contributed by atoms with Gasteiger partial charge in [0.15, 0.2) is 6.10 Å². The summed E-state index contributed by atoms with van der Waals surface area (Å²) in [6.07, 6.45) is -0.190. The number of aryl methyl sites for hydroxylation is 1. The molecule has 1 aromatic heterocycles. The summed E-state index contributed by atoms with van der Waals surface area (Å²) < 4.78 is 26.8. The maximum absolute atomic E-state index is 13.4. The van der Waals surface area contributed by atoms with E-state index in [2.05, 4.69) is 20.5 Å². The Balaban J connectivity index is 1.50. The highest BCUT2D eigenvalue weighted by atomic mass is 19.1. The normalized spacial score (nSPS) is 14.8. The Kier molecular flexibility index (Phi) is 6.77. The van der Waals surface area contributed by atoms with Crippen molar-refractivity contribution in [1.82, 2.24) is 15.2 Å². The number of aromatic nitrogens is 1. The Morgan fingerprint density at radius 2 is 1.83 bits per heavy atom. The number of carbonyl (C=O) groups excluding carboxylic acids is 2. The number of carbonyl (C=O) groups is 2. The van der Waals surface area contributed by atoms with Gasteiger partial charge in [0.1, 0.15) is 17.5 Å². The number of amides is 2. The number of benzene rings is 2. The molecule has 0 spiro atoms. The first-order chi connectivity index (χ1) is 16.6. The van der Waals surface area contributed by atoms with Crippen LogP contribution in [0.2, 0.25) is 0 Å². The Bertz CT molecular complexity index is 1270. The number of aliphatic hydroxyl groups is 1. The second-order valence-electron chi connectivity index (χ2n) is 8.67. The van der Waals surface area contributed by atoms with E-state index < -0.39 is 23.6 Å². The van der Waals surface area contributed by atoms with Crippen molar-refractivity contribution in [3.8, 4) is 11.1 Å². The van der Waals surface area contributed by atoms with Crippen LogP contribution >= 0.6 is 0 Å². The highest BCUT2D eigenvalue weighted by Crippen LogP contribution is 2.28. The number of hydrogen-bond acceptors (Lipinski definition) is 6. The molecule has 2 heterocycles. The maximum atomic E-state index is 13.4. The first-order valence-corrected chi connectivity index (χ1v) is 10.9. The molecule has 0 bridgehead atoms. The number of nitrogens with zero attached hydrogens (tertiary/aromatic N) is 2. The van der Waals surface area contributed by atoms with E-state index in [4.69, 9.17) is 5.73 Å². The number of nitrogens with two attached hydrogens (primary N) is 1. The molecule has 0 radical (unpaired) electrons. The van der Waals surface area contributed by atoms with Gasteiger partial charge in [0.2, 0.25) is 0 Å². The van der Waals surface area contributed by atoms with E-state index in [0.717, 1.165) is 36.3 Å². The van der Waals surface area contributed by atoms with Gasteiger partial charge in [-0.3, -0.25) is 9.59 Å². The predicted molar refractivity (Wildman–Crippen MR) is 128 cm³/mol. The van der Waals surface area contributed by atoms with Gasteiger partial charge in [-0.1, -0.05) is 6.07 Å². The molecule has 1 fully saturated rings. The molecule has 182 valence electrons. The van der Waals surface area contributed by atoms with E-state index in [1.165, 1.54) is 0 Å². The Morgan fingerprint density at radius 1 is 1.14 bits per heavy atom. The average molecular weight is 482 g/mol. The Labute approximate surface area is 200 Å². The second-order valence-corrected chi connectivity index (χ2v) is 8.67. The lowest BCUT2D eigenvalue weighted by Gasteiger charge is -2.36. The van der Waals surface area contributed by atoms with Gasteiger partial charge in [0.05, 0.1) is 11.6 Å². The molecule has 10 heteroatoms. The molecular formula is C25H25F2N5O3. The molecule has 5 N–H and O–H groups in total. The van der Waals surface area contributed by atoms with E-state index in [9.17, 15) is 23.5 Å². The highest BCUT2D eigenvalue weighted by molar-refractivity contribution is 6.00. The van der Waals surface area contributed by atoms with Crippen molar-refractivity contribution in [2.75, 3.05) is 31.2 Å². The zero-order chi connectivity index (χ0) is 25.3. The quantitative estimate of drug-likeness (QED) is 0.430. The molecule has 2 amide bonds. The van der Waals surface area contributed by atoms with E-state index in [1.807, 2.05) is 14.0 Å². The van der Waals surface area contributed by atoms with Crippen LogP contribution in [0.1, 0.15) is 27.6 Å². The number of likely N-dealkylation sites (N-methyl/N-ethyl adjacent to an activating group) is 1. The second kappa shape index (κ2) is 9.77. The van der Waals surface area contributed by atoms with E-state index in [0.29, 0.717) is 17.3 Å². The van der Waals surface area contributed by atoms with Crippen LogP contribution in [0, 0.1) is 18.6 Å². The molecule has 2 aromatic carbocycles. The summed E-state index contributed by atoms with van der Waals surface area (Å²) in [7, 11) is 1.97. The lowest BCUT2D eigenvalue weighted by molar-refractivity contribution is -0.124. The zero-order valence-electron chi connectivity index (χ0n) is 19.2. The van der Waals surface area contributed by atoms with Crippen molar-refractivity contribution in [2.24, 2.45) is 0 Å². The minimum Gasteiger partial charge on any atom is -0.383 e. The standard InChI is InChI=1S/C25H25F2N5O3/c1-13-5-18(30-25(35)22(33)14-6-16(26)9-17(27)7-14)3-4-20(13)15-8-21(23(28)29-10-15)24(34)31-19-11-32(2)12-19/h3-10,19,22,33H,11-12H2,1-2H3,(H2,28,29)(H,30,35)(H,31,34)/t22-/m0/s1. The number of rotatable bonds is 6. The lowest BCUT2D eigenvalue weighted by atomic mass is 9.99. The van der Waals surface area contributed by atoms with Crippen LogP contribution in [0.3, 0.4) is 0 Å². The fraction of sp³-hybridized carbons (Fsp3) is 0.240. The van der Waals surface area contributed by atoms with Crippen LogP contribution in [0.25, 0.3) is 11.1 Å². The van der Waals surface area contributed by atoms with Crippen LogP contribution in [-0.4, -0.2) is 53.0 Å². The summed E-state index contributed by atoms with van der Waals surface area (Å²) in [5, 5.41) is 15.7. The van der Waals surface area contributed by atoms with Crippen LogP contribution in [0.4, 0.5) is 20.3 Å². The van der Waals surface area contributed by atoms with Crippen LogP contribution in [0.5, 0.6) is 0 Å². The lowest BCUT2D eigenvalue weighted by Crippen LogP contribution is -2.57. The van der Waals surface area contributed by atoms with Gasteiger partial charge >= 0.3 is 0 Å². The van der Waals surface area contributed by atoms with E-state index in [-0.39, 0.29) is 28.9 Å². The van der Waals surface area contributed by atoms with E-state index >= 15 is 0 Å². The van der Waals surface area contributed by atoms with Gasteiger partial charge in [0.25, 0.3) is 11.8 Å². The molecule has 8 nitrogen and oxygen atoms in total. The largest absolute Gasteiger partial charge is 0.383 e. The summed E-state index contributed by atoms with van der Waals surface area (Å²) in [6.45, 7) is 3.35. The summed E-state index contributed by atoms with van der Waals surface area (Å²) >= 11 is 0. The summed E-state index contributed by atoms with van der Waals surface area (Å²) in [6, 6.07) is 9.20. The molecule has 1 atom stereocenters. The van der Waals surface area contributed by atoms with Gasteiger partial charge in [-0.2, -0.15) is 0 Å². The fourth-order valence-corrected chi connectivity index (χ4v) is 4.02. The van der Waals surface area contributed by atoms with Crippen LogP contribution < -0.4 is 16.4 Å². The zero-order valence-corrected chi connectivity index (χ0v) is 19.2. The first kappa shape index (κ1) is 24.2. The number of pyridine rings is 1. The number of aliphatic hydroxyl groups excluding tert-OH is 1. The van der Waals surface area contributed by atoms with Gasteiger partial charge in [-0.15, -0.1) is 0 Å². The molecule has 0 aliphatic carbocycles. The molecule has 1 aliphatic heterocycles. The number of nitrogens with one attached hydrogen (secondary N) is 2. The molecule has 0 saturated carbocycles. The van der Waals surface area contributed by atoms with E-state index in [1.54, 1.807) is 30.5 Å². The minimum atomic E-state index is -1.75. The van der Waals surface area contributed by atoms with Gasteiger partial charge in [-0.25, -0.2) is 13.8 Å². The van der Waals surface area contributed by atoms with Gasteiger partial charge in [-0.05, 0) is 61.0 Å². The average Bonchev–Trinajstić information content (AvgIpc) is 2.77. The highest BCUT2D eigenvalue weighted by Gasteiger charge is 2.26. The third-order valence-electron chi connectivity index (χ3n) is 5.82. The third-order valence-corrected chi connectivity index (χ3v) is 5.82. The maximum Gasteiger partial charge on any atom is 0.257 e. The summed E-state index contributed by atoms with van der Waals surface area (Å²) in [5.41, 5.74) is 8.59. The topological polar surface area (TPSA) is 121 Å². The molecule has 1 saturated heterocycles. The smallest absolute Gasteiger partial charge is 0.257 e. The van der Waals surface area contributed by atoms with Crippen LogP contribution in [0.15, 0.2) is 48.7 Å². The van der Waals surface area contributed by atoms with Crippen molar-refractivity contribution in [3.63, 3.8) is 0 Å². The number of halogens is 2. The van der Waals surface area contributed by atoms with Crippen molar-refractivity contribution in [3.05, 3.63) is 77.0 Å². The third kappa shape index (κ3) is 5.44. The van der Waals surface area contributed by atoms with Gasteiger partial charge < -0.3 is 26.4 Å². The first-order valence-electron chi connectivity index (χ1n) is 10.9. The van der Waals surface area contributed by atoms with Crippen molar-refractivity contribution in [2.45, 2.75) is 19.1 Å². The minimum absolute atomic E-state index is 0.0689.